The molecular weight excluding hydrogens is 390 g/mol. The van der Waals surface area contributed by atoms with Gasteiger partial charge in [0, 0.05) is 24.4 Å². The number of nitrogens with one attached hydrogen (secondary N) is 1. The van der Waals surface area contributed by atoms with Gasteiger partial charge in [-0.1, -0.05) is 35.9 Å². The molecule has 2 atom stereocenters. The van der Waals surface area contributed by atoms with Crippen LogP contribution in [0.5, 0.6) is 0 Å². The summed E-state index contributed by atoms with van der Waals surface area (Å²) in [5.74, 6) is -0.755. The number of rotatable bonds is 4. The maximum absolute atomic E-state index is 13.6. The number of halogens is 1. The Morgan fingerprint density at radius 3 is 2.69 bits per heavy atom. The standard InChI is InChI=1S/C22H22ClN3O3/c1-3-25-20(28)17-9-4-5-10-18(17)26-19(27)11-12-22(25,26)21(29)24-14(2)15-7-6-8-16(23)13-15/h4-10,13-14H,3,11-12H2,1-2H3,(H,24,29)/t14-,22+/m0/s1. The first-order valence-electron chi connectivity index (χ1n) is 9.70. The van der Waals surface area contributed by atoms with Crippen LogP contribution in [0, 0.1) is 0 Å². The Hall–Kier alpha value is -2.86. The lowest BCUT2D eigenvalue weighted by Crippen LogP contribution is -2.70. The van der Waals surface area contributed by atoms with Crippen LogP contribution >= 0.6 is 11.6 Å². The number of anilines is 1. The molecule has 2 aromatic carbocycles. The van der Waals surface area contributed by atoms with E-state index in [4.69, 9.17) is 11.6 Å². The van der Waals surface area contributed by atoms with E-state index in [0.717, 1.165) is 5.56 Å². The van der Waals surface area contributed by atoms with Gasteiger partial charge in [0.1, 0.15) is 0 Å². The molecule has 1 N–H and O–H groups in total. The van der Waals surface area contributed by atoms with Crippen molar-refractivity contribution in [3.8, 4) is 0 Å². The lowest BCUT2D eigenvalue weighted by atomic mass is 9.95. The zero-order valence-electron chi connectivity index (χ0n) is 16.3. The molecule has 7 heteroatoms. The van der Waals surface area contributed by atoms with Crippen LogP contribution in [0.3, 0.4) is 0 Å². The molecule has 0 radical (unpaired) electrons. The van der Waals surface area contributed by atoms with Crippen molar-refractivity contribution in [2.75, 3.05) is 11.4 Å². The third kappa shape index (κ3) is 2.90. The molecule has 4 rings (SSSR count). The van der Waals surface area contributed by atoms with Crippen LogP contribution in [-0.2, 0) is 9.59 Å². The van der Waals surface area contributed by atoms with Crippen LogP contribution < -0.4 is 10.2 Å². The van der Waals surface area contributed by atoms with Gasteiger partial charge < -0.3 is 10.2 Å². The number of carbonyl (C=O) groups is 3. The third-order valence-corrected chi connectivity index (χ3v) is 5.99. The summed E-state index contributed by atoms with van der Waals surface area (Å²) in [5, 5.41) is 3.59. The number of carbonyl (C=O) groups excluding carboxylic acids is 3. The summed E-state index contributed by atoms with van der Waals surface area (Å²) in [6.45, 7) is 3.99. The molecule has 0 aromatic heterocycles. The van der Waals surface area contributed by atoms with Crippen molar-refractivity contribution in [3.05, 3.63) is 64.7 Å². The average Bonchev–Trinajstić information content (AvgIpc) is 3.07. The topological polar surface area (TPSA) is 69.7 Å². The Morgan fingerprint density at radius 2 is 1.97 bits per heavy atom. The highest BCUT2D eigenvalue weighted by atomic mass is 35.5. The van der Waals surface area contributed by atoms with Gasteiger partial charge in [0.15, 0.2) is 0 Å². The number of hydrogen-bond acceptors (Lipinski definition) is 3. The van der Waals surface area contributed by atoms with E-state index in [1.807, 2.05) is 26.0 Å². The van der Waals surface area contributed by atoms with Gasteiger partial charge in [-0.05, 0) is 43.7 Å². The minimum Gasteiger partial charge on any atom is -0.346 e. The van der Waals surface area contributed by atoms with E-state index < -0.39 is 5.66 Å². The monoisotopic (exact) mass is 411 g/mol. The molecule has 2 aromatic rings. The smallest absolute Gasteiger partial charge is 0.267 e. The molecule has 2 aliphatic rings. The lowest BCUT2D eigenvalue weighted by Gasteiger charge is -2.49. The highest BCUT2D eigenvalue weighted by Crippen LogP contribution is 2.44. The Labute approximate surface area is 174 Å². The van der Waals surface area contributed by atoms with Crippen LogP contribution in [0.2, 0.25) is 5.02 Å². The van der Waals surface area contributed by atoms with Crippen LogP contribution in [0.25, 0.3) is 0 Å². The number of likely N-dealkylation sites (N-methyl/N-ethyl adjacent to an activating group) is 1. The first kappa shape index (κ1) is 19.5. The molecule has 29 heavy (non-hydrogen) atoms. The first-order valence-corrected chi connectivity index (χ1v) is 10.1. The Morgan fingerprint density at radius 1 is 1.21 bits per heavy atom. The summed E-state index contributed by atoms with van der Waals surface area (Å²) < 4.78 is 0. The number of amides is 3. The fourth-order valence-corrected chi connectivity index (χ4v) is 4.58. The lowest BCUT2D eigenvalue weighted by molar-refractivity contribution is -0.134. The Bertz CT molecular complexity index is 1010. The van der Waals surface area contributed by atoms with Crippen molar-refractivity contribution in [2.24, 2.45) is 0 Å². The number of benzene rings is 2. The van der Waals surface area contributed by atoms with Crippen molar-refractivity contribution in [1.29, 1.82) is 0 Å². The quantitative estimate of drug-likeness (QED) is 0.836. The summed E-state index contributed by atoms with van der Waals surface area (Å²) in [5.41, 5.74) is 0.430. The zero-order chi connectivity index (χ0) is 20.8. The minimum atomic E-state index is -1.36. The van der Waals surface area contributed by atoms with E-state index in [2.05, 4.69) is 5.32 Å². The molecule has 1 saturated heterocycles. The van der Waals surface area contributed by atoms with Crippen LogP contribution in [-0.4, -0.2) is 34.8 Å². The third-order valence-electron chi connectivity index (χ3n) is 5.75. The Balaban J connectivity index is 1.76. The summed E-state index contributed by atoms with van der Waals surface area (Å²) in [7, 11) is 0. The van der Waals surface area contributed by atoms with Gasteiger partial charge in [0.2, 0.25) is 11.6 Å². The molecule has 0 aliphatic carbocycles. The van der Waals surface area contributed by atoms with E-state index in [9.17, 15) is 14.4 Å². The normalized spacial score (nSPS) is 21.6. The van der Waals surface area contributed by atoms with Gasteiger partial charge in [0.25, 0.3) is 11.8 Å². The van der Waals surface area contributed by atoms with Crippen molar-refractivity contribution in [3.63, 3.8) is 0 Å². The SMILES string of the molecule is CCN1C(=O)c2ccccc2N2C(=O)CC[C@@]12C(=O)N[C@@H](C)c1cccc(Cl)c1. The Kier molecular flexibility index (Phi) is 4.82. The molecule has 0 spiro atoms. The molecule has 2 heterocycles. The van der Waals surface area contributed by atoms with Crippen LogP contribution in [0.15, 0.2) is 48.5 Å². The fourth-order valence-electron chi connectivity index (χ4n) is 4.38. The second-order valence-electron chi connectivity index (χ2n) is 7.36. The second kappa shape index (κ2) is 7.19. The maximum atomic E-state index is 13.6. The van der Waals surface area contributed by atoms with Crippen molar-refractivity contribution in [2.45, 2.75) is 38.4 Å². The van der Waals surface area contributed by atoms with E-state index in [1.54, 1.807) is 36.4 Å². The number of fused-ring (bicyclic) bond motifs is 3. The highest BCUT2D eigenvalue weighted by Gasteiger charge is 2.60. The summed E-state index contributed by atoms with van der Waals surface area (Å²) in [4.78, 5) is 42.7. The van der Waals surface area contributed by atoms with Gasteiger partial charge in [-0.15, -0.1) is 0 Å². The van der Waals surface area contributed by atoms with Gasteiger partial charge in [-0.2, -0.15) is 0 Å². The predicted molar refractivity (Wildman–Crippen MR) is 111 cm³/mol. The van der Waals surface area contributed by atoms with Crippen molar-refractivity contribution >= 4 is 35.0 Å². The summed E-state index contributed by atoms with van der Waals surface area (Å²) in [6, 6.07) is 13.9. The largest absolute Gasteiger partial charge is 0.346 e. The minimum absolute atomic E-state index is 0.158. The average molecular weight is 412 g/mol. The highest BCUT2D eigenvalue weighted by molar-refractivity contribution is 6.30. The molecule has 3 amide bonds. The maximum Gasteiger partial charge on any atom is 0.267 e. The fraction of sp³-hybridized carbons (Fsp3) is 0.318. The summed E-state index contributed by atoms with van der Waals surface area (Å²) in [6.07, 6.45) is 0.463. The first-order chi connectivity index (χ1) is 13.9. The molecular formula is C22H22ClN3O3. The summed E-state index contributed by atoms with van der Waals surface area (Å²) >= 11 is 6.08. The van der Waals surface area contributed by atoms with E-state index >= 15 is 0 Å². The van der Waals surface area contributed by atoms with E-state index in [-0.39, 0.29) is 36.6 Å². The molecule has 0 bridgehead atoms. The molecule has 6 nitrogen and oxygen atoms in total. The van der Waals surface area contributed by atoms with Gasteiger partial charge in [-0.25, -0.2) is 0 Å². The number of hydrogen-bond donors (Lipinski definition) is 1. The van der Waals surface area contributed by atoms with Gasteiger partial charge in [-0.3, -0.25) is 19.3 Å². The van der Waals surface area contributed by atoms with Crippen LogP contribution in [0.4, 0.5) is 5.69 Å². The molecule has 0 unspecified atom stereocenters. The molecule has 150 valence electrons. The second-order valence-corrected chi connectivity index (χ2v) is 7.80. The zero-order valence-corrected chi connectivity index (χ0v) is 17.1. The molecule has 1 fully saturated rings. The van der Waals surface area contributed by atoms with Crippen molar-refractivity contribution in [1.82, 2.24) is 10.2 Å². The van der Waals surface area contributed by atoms with E-state index in [1.165, 1.54) is 9.80 Å². The van der Waals surface area contributed by atoms with Gasteiger partial charge in [0.05, 0.1) is 17.3 Å². The van der Waals surface area contributed by atoms with Crippen LogP contribution in [0.1, 0.15) is 48.7 Å². The molecule has 0 saturated carbocycles. The van der Waals surface area contributed by atoms with Gasteiger partial charge >= 0.3 is 0 Å². The van der Waals surface area contributed by atoms with Crippen molar-refractivity contribution < 1.29 is 14.4 Å². The predicted octanol–water partition coefficient (Wildman–Crippen LogP) is 3.52. The molecule has 2 aliphatic heterocycles. The number of nitrogens with zero attached hydrogens (tertiary/aromatic N) is 2. The number of para-hydroxylation sites is 1. The van der Waals surface area contributed by atoms with E-state index in [0.29, 0.717) is 22.8 Å².